The topological polar surface area (TPSA) is 191 Å². The number of hydrogen-bond donors (Lipinski definition) is 5. The summed E-state index contributed by atoms with van der Waals surface area (Å²) in [5, 5.41) is 37.7. The van der Waals surface area contributed by atoms with E-state index in [0.717, 1.165) is 38.9 Å². The SMILES string of the molecule is CCCN1CCC(Nc2ccc3c(c2O)C(=O)C2C(=O)[C@@]4(O)C(=O)C(C(N)=O)C(=O)[C@H](N(C)C)[C@H]4[C@H](O)[C@H]2C3)CC1. The van der Waals surface area contributed by atoms with Crippen LogP contribution in [-0.4, -0.2) is 112 Å². The third kappa shape index (κ3) is 4.39. The van der Waals surface area contributed by atoms with E-state index in [9.17, 15) is 39.3 Å². The number of nitrogens with two attached hydrogens (primary N) is 1. The Morgan fingerprint density at radius 1 is 1.15 bits per heavy atom. The number of piperidine rings is 1. The summed E-state index contributed by atoms with van der Waals surface area (Å²) in [6, 6.07) is 2.03. The number of ketones is 4. The maximum Gasteiger partial charge on any atom is 0.235 e. The van der Waals surface area contributed by atoms with Crippen molar-refractivity contribution in [1.82, 2.24) is 9.80 Å². The highest BCUT2D eigenvalue weighted by Crippen LogP contribution is 2.51. The lowest BCUT2D eigenvalue weighted by molar-refractivity contribution is -0.195. The number of phenols is 1. The van der Waals surface area contributed by atoms with Crippen LogP contribution in [0.15, 0.2) is 12.1 Å². The number of nitrogens with one attached hydrogen (secondary N) is 1. The number of amides is 1. The number of nitrogens with zero attached hydrogens (tertiary/aromatic N) is 2. The average Bonchev–Trinajstić information content (AvgIpc) is 2.91. The third-order valence-corrected chi connectivity index (χ3v) is 9.51. The number of likely N-dealkylation sites (tertiary alicyclic amines) is 1. The Kier molecular flexibility index (Phi) is 7.56. The smallest absolute Gasteiger partial charge is 0.235 e. The quantitative estimate of drug-likeness (QED) is 0.211. The Morgan fingerprint density at radius 3 is 2.39 bits per heavy atom. The second-order valence-electron chi connectivity index (χ2n) is 12.1. The molecule has 1 heterocycles. The molecule has 1 aliphatic heterocycles. The summed E-state index contributed by atoms with van der Waals surface area (Å²) >= 11 is 0. The van der Waals surface area contributed by atoms with E-state index < -0.39 is 70.5 Å². The molecule has 1 amide bonds. The van der Waals surface area contributed by atoms with Gasteiger partial charge in [0.15, 0.2) is 34.7 Å². The maximum absolute atomic E-state index is 13.9. The van der Waals surface area contributed by atoms with Crippen molar-refractivity contribution < 1.29 is 39.3 Å². The molecule has 6 N–H and O–H groups in total. The van der Waals surface area contributed by atoms with Gasteiger partial charge < -0.3 is 31.3 Å². The zero-order chi connectivity index (χ0) is 30.0. The number of aliphatic hydroxyl groups excluding tert-OH is 1. The predicted octanol–water partition coefficient (Wildman–Crippen LogP) is -0.876. The molecule has 0 aromatic heterocycles. The lowest BCUT2D eigenvalue weighted by Crippen LogP contribution is -2.77. The lowest BCUT2D eigenvalue weighted by Gasteiger charge is -2.54. The number of likely N-dealkylation sites (N-methyl/N-ethyl adjacent to an activating group) is 1. The molecule has 2 unspecified atom stereocenters. The van der Waals surface area contributed by atoms with Gasteiger partial charge in [0.2, 0.25) is 5.91 Å². The van der Waals surface area contributed by atoms with Crippen LogP contribution < -0.4 is 11.1 Å². The number of benzene rings is 1. The zero-order valence-electron chi connectivity index (χ0n) is 23.5. The molecule has 12 heteroatoms. The number of phenolic OH excluding ortho intramolecular Hbond substituents is 1. The number of aliphatic hydroxyl groups is 2. The summed E-state index contributed by atoms with van der Waals surface area (Å²) in [5.41, 5.74) is 3.00. The number of primary amides is 1. The van der Waals surface area contributed by atoms with Gasteiger partial charge in [0.1, 0.15) is 5.75 Å². The number of Topliss-reactive ketones (excluding diaryl/α,β-unsaturated/α-hetero) is 4. The van der Waals surface area contributed by atoms with E-state index in [1.165, 1.54) is 19.0 Å². The first kappa shape index (κ1) is 29.3. The van der Waals surface area contributed by atoms with Crippen molar-refractivity contribution in [3.05, 3.63) is 23.3 Å². The molecule has 12 nitrogen and oxygen atoms in total. The molecule has 3 aliphatic carbocycles. The molecule has 5 rings (SSSR count). The molecule has 1 saturated heterocycles. The minimum Gasteiger partial charge on any atom is -0.505 e. The minimum absolute atomic E-state index is 0.00372. The largest absolute Gasteiger partial charge is 0.505 e. The first-order valence-electron chi connectivity index (χ1n) is 14.2. The zero-order valence-corrected chi connectivity index (χ0v) is 23.5. The first-order valence-corrected chi connectivity index (χ1v) is 14.2. The summed E-state index contributed by atoms with van der Waals surface area (Å²) in [7, 11) is 2.92. The van der Waals surface area contributed by atoms with Gasteiger partial charge in [-0.15, -0.1) is 0 Å². The van der Waals surface area contributed by atoms with Crippen LogP contribution in [0.1, 0.15) is 42.1 Å². The van der Waals surface area contributed by atoms with Crippen LogP contribution in [0.3, 0.4) is 0 Å². The number of carbonyl (C=O) groups is 5. The van der Waals surface area contributed by atoms with Crippen molar-refractivity contribution >= 4 is 34.7 Å². The van der Waals surface area contributed by atoms with Gasteiger partial charge in [-0.3, -0.25) is 28.9 Å². The molecule has 7 atom stereocenters. The number of aromatic hydroxyl groups is 1. The molecule has 0 spiro atoms. The first-order chi connectivity index (χ1) is 19.3. The molecule has 3 fully saturated rings. The molecular formula is C29H38N4O8. The van der Waals surface area contributed by atoms with Crippen LogP contribution in [0.5, 0.6) is 5.75 Å². The van der Waals surface area contributed by atoms with E-state index in [2.05, 4.69) is 17.1 Å². The number of hydrogen-bond acceptors (Lipinski definition) is 11. The van der Waals surface area contributed by atoms with E-state index in [1.807, 2.05) is 0 Å². The van der Waals surface area contributed by atoms with Crippen LogP contribution in [0.2, 0.25) is 0 Å². The van der Waals surface area contributed by atoms with Gasteiger partial charge in [0, 0.05) is 25.0 Å². The van der Waals surface area contributed by atoms with Gasteiger partial charge in [-0.05, 0) is 58.0 Å². The van der Waals surface area contributed by atoms with Gasteiger partial charge in [0.25, 0.3) is 0 Å². The van der Waals surface area contributed by atoms with Crippen molar-refractivity contribution in [3.8, 4) is 5.75 Å². The van der Waals surface area contributed by atoms with Crippen LogP contribution in [-0.2, 0) is 25.6 Å². The van der Waals surface area contributed by atoms with Crippen LogP contribution in [0.25, 0.3) is 0 Å². The van der Waals surface area contributed by atoms with Crippen molar-refractivity contribution in [2.24, 2.45) is 29.4 Å². The Hall–Kier alpha value is -3.19. The number of anilines is 1. The highest BCUT2D eigenvalue weighted by molar-refractivity contribution is 6.32. The monoisotopic (exact) mass is 570 g/mol. The molecule has 222 valence electrons. The van der Waals surface area contributed by atoms with Gasteiger partial charge in [-0.2, -0.15) is 0 Å². The number of fused-ring (bicyclic) bond motifs is 3. The summed E-state index contributed by atoms with van der Waals surface area (Å²) in [5.74, 6) is -12.4. The molecule has 1 aromatic rings. The fraction of sp³-hybridized carbons (Fsp3) is 0.621. The molecule has 1 aromatic carbocycles. The highest BCUT2D eigenvalue weighted by Gasteiger charge is 2.72. The van der Waals surface area contributed by atoms with Gasteiger partial charge in [0.05, 0.1) is 35.2 Å². The number of rotatable bonds is 6. The lowest BCUT2D eigenvalue weighted by atomic mass is 9.51. The van der Waals surface area contributed by atoms with Crippen molar-refractivity contribution in [3.63, 3.8) is 0 Å². The summed E-state index contributed by atoms with van der Waals surface area (Å²) in [6.45, 7) is 4.96. The predicted molar refractivity (Wildman–Crippen MR) is 146 cm³/mol. The fourth-order valence-electron chi connectivity index (χ4n) is 7.54. The van der Waals surface area contributed by atoms with E-state index in [-0.39, 0.29) is 23.8 Å². The van der Waals surface area contributed by atoms with E-state index in [0.29, 0.717) is 11.3 Å². The Balaban J connectivity index is 1.50. The van der Waals surface area contributed by atoms with Gasteiger partial charge in [-0.25, -0.2) is 0 Å². The average molecular weight is 571 g/mol. The standard InChI is InChI=1S/C29H38N4O8/c1-4-9-33-10-7-14(8-11-33)31-16-6-5-13-12-15-18(24(36)17(13)23(16)35)26(38)29(41)20(22(15)34)21(32(2)3)25(37)19(27(29)39)28(30)40/h5-6,14-15,18-22,31,34-35,41H,4,7-12H2,1-3H3,(H2,30,40)/t15-,18?,19?,20-,21+,22+,29+/m0/s1. The second kappa shape index (κ2) is 10.6. The van der Waals surface area contributed by atoms with Crippen molar-refractivity contribution in [1.29, 1.82) is 0 Å². The Bertz CT molecular complexity index is 1310. The summed E-state index contributed by atoms with van der Waals surface area (Å²) < 4.78 is 0. The normalized spacial score (nSPS) is 34.3. The molecular weight excluding hydrogens is 532 g/mol. The fourth-order valence-corrected chi connectivity index (χ4v) is 7.54. The van der Waals surface area contributed by atoms with Crippen LogP contribution in [0.4, 0.5) is 5.69 Å². The Labute approximate surface area is 237 Å². The molecule has 0 bridgehead atoms. The van der Waals surface area contributed by atoms with Gasteiger partial charge in [-0.1, -0.05) is 13.0 Å². The highest BCUT2D eigenvalue weighted by atomic mass is 16.3. The summed E-state index contributed by atoms with van der Waals surface area (Å²) in [4.78, 5) is 70.2. The number of carbonyl (C=O) groups excluding carboxylic acids is 5. The maximum atomic E-state index is 13.9. The van der Waals surface area contributed by atoms with Crippen molar-refractivity contribution in [2.75, 3.05) is 39.0 Å². The minimum atomic E-state index is -2.99. The van der Waals surface area contributed by atoms with Crippen LogP contribution in [0, 0.1) is 23.7 Å². The van der Waals surface area contributed by atoms with E-state index in [1.54, 1.807) is 12.1 Å². The molecule has 4 aliphatic rings. The Morgan fingerprint density at radius 2 is 1.80 bits per heavy atom. The van der Waals surface area contributed by atoms with Crippen LogP contribution >= 0.6 is 0 Å². The molecule has 0 radical (unpaired) electrons. The van der Waals surface area contributed by atoms with E-state index in [4.69, 9.17) is 5.73 Å². The van der Waals surface area contributed by atoms with Gasteiger partial charge >= 0.3 is 0 Å². The summed E-state index contributed by atoms with van der Waals surface area (Å²) in [6.07, 6.45) is 1.14. The second-order valence-corrected chi connectivity index (χ2v) is 12.1. The van der Waals surface area contributed by atoms with Crippen molar-refractivity contribution in [2.45, 2.75) is 56.4 Å². The molecule has 2 saturated carbocycles. The van der Waals surface area contributed by atoms with E-state index >= 15 is 0 Å². The molecule has 41 heavy (non-hydrogen) atoms. The third-order valence-electron chi connectivity index (χ3n) is 9.51.